The highest BCUT2D eigenvalue weighted by molar-refractivity contribution is 6.02. The molecule has 1 aliphatic carbocycles. The molecule has 0 amide bonds. The standard InChI is InChI=1S/C18H24O5/c1-10-6-14(21-5)8-11(2)18(23-13(4)19)17(20)16-12(3)9-22-15(16)7-10/h6,9,11,14,18H,7-8H2,1-5H3/t11-,14+,18-/m0/s1. The highest BCUT2D eigenvalue weighted by Crippen LogP contribution is 2.28. The molecule has 0 radical (unpaired) electrons. The second-order valence-corrected chi connectivity index (χ2v) is 6.29. The van der Waals surface area contributed by atoms with Crippen molar-refractivity contribution in [3.63, 3.8) is 0 Å². The highest BCUT2D eigenvalue weighted by atomic mass is 16.5. The van der Waals surface area contributed by atoms with E-state index >= 15 is 0 Å². The Labute approximate surface area is 136 Å². The maximum atomic E-state index is 13.0. The third kappa shape index (κ3) is 3.91. The van der Waals surface area contributed by atoms with Crippen LogP contribution in [0.5, 0.6) is 0 Å². The van der Waals surface area contributed by atoms with E-state index in [-0.39, 0.29) is 17.8 Å². The summed E-state index contributed by atoms with van der Waals surface area (Å²) in [6.45, 7) is 7.05. The fourth-order valence-corrected chi connectivity index (χ4v) is 3.06. The molecule has 1 aromatic rings. The number of furan rings is 1. The van der Waals surface area contributed by atoms with Crippen LogP contribution in [0.3, 0.4) is 0 Å². The first-order chi connectivity index (χ1) is 10.8. The number of hydrogen-bond donors (Lipinski definition) is 0. The first-order valence-corrected chi connectivity index (χ1v) is 7.82. The topological polar surface area (TPSA) is 65.7 Å². The quantitative estimate of drug-likeness (QED) is 0.618. The van der Waals surface area contributed by atoms with E-state index in [1.54, 1.807) is 13.4 Å². The third-order valence-corrected chi connectivity index (χ3v) is 4.18. The minimum Gasteiger partial charge on any atom is -0.468 e. The van der Waals surface area contributed by atoms with Crippen molar-refractivity contribution in [3.8, 4) is 0 Å². The Morgan fingerprint density at radius 1 is 1.35 bits per heavy atom. The van der Waals surface area contributed by atoms with E-state index in [2.05, 4.69) is 0 Å². The van der Waals surface area contributed by atoms with Crippen LogP contribution in [0.4, 0.5) is 0 Å². The third-order valence-electron chi connectivity index (χ3n) is 4.18. The Morgan fingerprint density at radius 2 is 2.04 bits per heavy atom. The molecule has 5 nitrogen and oxygen atoms in total. The van der Waals surface area contributed by atoms with Crippen molar-refractivity contribution in [2.75, 3.05) is 7.11 Å². The van der Waals surface area contributed by atoms with Crippen LogP contribution < -0.4 is 0 Å². The molecule has 0 saturated carbocycles. The summed E-state index contributed by atoms with van der Waals surface area (Å²) in [6.07, 6.45) is 3.80. The van der Waals surface area contributed by atoms with Gasteiger partial charge in [0, 0.05) is 26.4 Å². The number of carbonyl (C=O) groups is 2. The largest absolute Gasteiger partial charge is 0.468 e. The Hall–Kier alpha value is -1.88. The number of fused-ring (bicyclic) bond motifs is 1. The number of methoxy groups -OCH3 is 1. The van der Waals surface area contributed by atoms with Crippen LogP contribution in [0.15, 0.2) is 22.3 Å². The Balaban J connectivity index is 2.50. The number of hydrogen-bond acceptors (Lipinski definition) is 5. The van der Waals surface area contributed by atoms with Gasteiger partial charge in [-0.05, 0) is 25.8 Å². The van der Waals surface area contributed by atoms with Gasteiger partial charge < -0.3 is 13.9 Å². The number of allylic oxidation sites excluding steroid dienone is 1. The molecule has 0 saturated heterocycles. The predicted octanol–water partition coefficient (Wildman–Crippen LogP) is 3.25. The Bertz CT molecular complexity index is 625. The van der Waals surface area contributed by atoms with Gasteiger partial charge >= 0.3 is 5.97 Å². The smallest absolute Gasteiger partial charge is 0.303 e. The zero-order valence-corrected chi connectivity index (χ0v) is 14.3. The number of rotatable bonds is 2. The maximum Gasteiger partial charge on any atom is 0.303 e. The average molecular weight is 320 g/mol. The molecule has 5 heteroatoms. The molecule has 0 N–H and O–H groups in total. The van der Waals surface area contributed by atoms with Gasteiger partial charge in [0.2, 0.25) is 5.78 Å². The number of ether oxygens (including phenoxy) is 2. The van der Waals surface area contributed by atoms with E-state index < -0.39 is 12.1 Å². The molecule has 126 valence electrons. The summed E-state index contributed by atoms with van der Waals surface area (Å²) in [5, 5.41) is 0. The Kier molecular flexibility index (Phi) is 5.42. The van der Waals surface area contributed by atoms with Gasteiger partial charge in [0.1, 0.15) is 5.76 Å². The maximum absolute atomic E-state index is 13.0. The highest BCUT2D eigenvalue weighted by Gasteiger charge is 2.34. The molecule has 3 atom stereocenters. The van der Waals surface area contributed by atoms with Crippen LogP contribution in [0.25, 0.3) is 0 Å². The first-order valence-electron chi connectivity index (χ1n) is 7.82. The van der Waals surface area contributed by atoms with Gasteiger partial charge in [-0.2, -0.15) is 0 Å². The van der Waals surface area contributed by atoms with Gasteiger partial charge in [0.15, 0.2) is 6.10 Å². The van der Waals surface area contributed by atoms with Crippen molar-refractivity contribution < 1.29 is 23.5 Å². The molecule has 0 fully saturated rings. The van der Waals surface area contributed by atoms with E-state index in [9.17, 15) is 9.59 Å². The minimum atomic E-state index is -0.827. The molecule has 2 rings (SSSR count). The van der Waals surface area contributed by atoms with Crippen LogP contribution in [-0.2, 0) is 20.7 Å². The van der Waals surface area contributed by atoms with E-state index in [1.165, 1.54) is 6.92 Å². The summed E-state index contributed by atoms with van der Waals surface area (Å²) < 4.78 is 16.4. The van der Waals surface area contributed by atoms with Crippen molar-refractivity contribution in [1.29, 1.82) is 0 Å². The van der Waals surface area contributed by atoms with Crippen LogP contribution >= 0.6 is 0 Å². The minimum absolute atomic E-state index is 0.131. The van der Waals surface area contributed by atoms with Crippen molar-refractivity contribution in [3.05, 3.63) is 34.8 Å². The predicted molar refractivity (Wildman–Crippen MR) is 85.4 cm³/mol. The second-order valence-electron chi connectivity index (χ2n) is 6.29. The van der Waals surface area contributed by atoms with Crippen LogP contribution in [-0.4, -0.2) is 31.1 Å². The molecule has 0 bridgehead atoms. The van der Waals surface area contributed by atoms with Gasteiger partial charge in [-0.1, -0.05) is 18.6 Å². The van der Waals surface area contributed by atoms with E-state index in [0.717, 1.165) is 11.1 Å². The fourth-order valence-electron chi connectivity index (χ4n) is 3.06. The van der Waals surface area contributed by atoms with Gasteiger partial charge in [0.25, 0.3) is 0 Å². The molecule has 0 aliphatic heterocycles. The van der Waals surface area contributed by atoms with Crippen molar-refractivity contribution in [2.24, 2.45) is 5.92 Å². The van der Waals surface area contributed by atoms with Gasteiger partial charge in [-0.15, -0.1) is 0 Å². The van der Waals surface area contributed by atoms with Crippen molar-refractivity contribution in [1.82, 2.24) is 0 Å². The van der Waals surface area contributed by atoms with Crippen LogP contribution in [0.1, 0.15) is 48.9 Å². The van der Waals surface area contributed by atoms with Crippen molar-refractivity contribution in [2.45, 2.75) is 52.7 Å². The van der Waals surface area contributed by atoms with Crippen molar-refractivity contribution >= 4 is 11.8 Å². The first kappa shape index (κ1) is 17.5. The number of ketones is 1. The lowest BCUT2D eigenvalue weighted by atomic mass is 9.87. The number of esters is 1. The average Bonchev–Trinajstić information content (AvgIpc) is 2.82. The zero-order chi connectivity index (χ0) is 17.1. The second kappa shape index (κ2) is 7.13. The van der Waals surface area contributed by atoms with E-state index in [1.807, 2.05) is 26.8 Å². The summed E-state index contributed by atoms with van der Waals surface area (Å²) in [5.41, 5.74) is 2.39. The summed E-state index contributed by atoms with van der Waals surface area (Å²) in [7, 11) is 1.64. The van der Waals surface area contributed by atoms with Crippen LogP contribution in [0, 0.1) is 12.8 Å². The normalized spacial score (nSPS) is 25.5. The molecule has 0 aromatic carbocycles. The molecule has 23 heavy (non-hydrogen) atoms. The van der Waals surface area contributed by atoms with Gasteiger partial charge in [0.05, 0.1) is 17.9 Å². The Morgan fingerprint density at radius 3 is 2.65 bits per heavy atom. The van der Waals surface area contributed by atoms with E-state index in [4.69, 9.17) is 13.9 Å². The number of Topliss-reactive ketones (excluding diaryl/α,β-unsaturated/α-hetero) is 1. The molecule has 1 aliphatic rings. The fraction of sp³-hybridized carbons (Fsp3) is 0.556. The molecule has 1 heterocycles. The SMILES string of the molecule is CO[C@@H]1C=C(C)Cc2occ(C)c2C(=O)[C@@H](OC(C)=O)[C@@H](C)C1. The molecule has 0 unspecified atom stereocenters. The monoisotopic (exact) mass is 320 g/mol. The lowest BCUT2D eigenvalue weighted by molar-refractivity contribution is -0.146. The number of carbonyl (C=O) groups excluding carboxylic acids is 2. The van der Waals surface area contributed by atoms with E-state index in [0.29, 0.717) is 24.2 Å². The van der Waals surface area contributed by atoms with Crippen LogP contribution in [0.2, 0.25) is 0 Å². The molecular weight excluding hydrogens is 296 g/mol. The molecule has 0 spiro atoms. The summed E-state index contributed by atoms with van der Waals surface area (Å²) >= 11 is 0. The lowest BCUT2D eigenvalue weighted by Gasteiger charge is -2.26. The number of aryl methyl sites for hydroxylation is 1. The molecule has 1 aromatic heterocycles. The summed E-state index contributed by atoms with van der Waals surface area (Å²) in [5.74, 6) is -0.211. The zero-order valence-electron chi connectivity index (χ0n) is 14.3. The summed E-state index contributed by atoms with van der Waals surface area (Å²) in [4.78, 5) is 24.4. The summed E-state index contributed by atoms with van der Waals surface area (Å²) in [6, 6.07) is 0. The lowest BCUT2D eigenvalue weighted by Crippen LogP contribution is -2.35. The van der Waals surface area contributed by atoms with Gasteiger partial charge in [-0.25, -0.2) is 0 Å². The van der Waals surface area contributed by atoms with Gasteiger partial charge in [-0.3, -0.25) is 9.59 Å². The molecular formula is C18H24O5.